The van der Waals surface area contributed by atoms with E-state index in [0.717, 1.165) is 47.4 Å². The predicted octanol–water partition coefficient (Wildman–Crippen LogP) is 2.74. The molecule has 110 valence electrons. The average molecular weight is 342 g/mol. The van der Waals surface area contributed by atoms with E-state index in [0.29, 0.717) is 0 Å². The zero-order chi connectivity index (χ0) is 14.5. The Morgan fingerprint density at radius 1 is 1.35 bits per heavy atom. The summed E-state index contributed by atoms with van der Waals surface area (Å²) in [7, 11) is 0. The molecule has 0 atom stereocenters. The Morgan fingerprint density at radius 3 is 2.75 bits per heavy atom. The second kappa shape index (κ2) is 7.09. The molecule has 1 heterocycles. The number of hydrogen-bond donors (Lipinski definition) is 1. The molecular weight excluding hydrogens is 322 g/mol. The maximum absolute atomic E-state index is 11.9. The van der Waals surface area contributed by atoms with E-state index in [2.05, 4.69) is 21.2 Å². The maximum atomic E-state index is 11.9. The molecule has 1 aliphatic rings. The van der Waals surface area contributed by atoms with Crippen molar-refractivity contribution in [1.82, 2.24) is 5.32 Å². The first kappa shape index (κ1) is 15.3. The van der Waals surface area contributed by atoms with E-state index in [1.165, 1.54) is 0 Å². The summed E-state index contributed by atoms with van der Waals surface area (Å²) in [6, 6.07) is 4.16. The number of amides is 1. The van der Waals surface area contributed by atoms with Crippen molar-refractivity contribution < 1.29 is 14.3 Å². The van der Waals surface area contributed by atoms with Gasteiger partial charge in [-0.3, -0.25) is 4.79 Å². The molecule has 4 nitrogen and oxygen atoms in total. The van der Waals surface area contributed by atoms with Gasteiger partial charge < -0.3 is 14.8 Å². The number of carbonyl (C=O) groups is 1. The van der Waals surface area contributed by atoms with Gasteiger partial charge in [0.05, 0.1) is 0 Å². The fourth-order valence-electron chi connectivity index (χ4n) is 2.16. The van der Waals surface area contributed by atoms with Crippen LogP contribution in [0.3, 0.4) is 0 Å². The van der Waals surface area contributed by atoms with Crippen LogP contribution in [0.25, 0.3) is 0 Å². The number of benzene rings is 1. The number of aryl methyl sites for hydroxylation is 2. The minimum atomic E-state index is -0.0723. The quantitative estimate of drug-likeness (QED) is 0.915. The predicted molar refractivity (Wildman–Crippen MR) is 81.1 cm³/mol. The van der Waals surface area contributed by atoms with Gasteiger partial charge in [-0.05, 0) is 49.9 Å². The summed E-state index contributed by atoms with van der Waals surface area (Å²) in [5.41, 5.74) is 2.11. The van der Waals surface area contributed by atoms with Crippen molar-refractivity contribution in [2.24, 2.45) is 0 Å². The van der Waals surface area contributed by atoms with Gasteiger partial charge in [-0.2, -0.15) is 0 Å². The zero-order valence-corrected chi connectivity index (χ0v) is 13.5. The minimum absolute atomic E-state index is 0.0548. The van der Waals surface area contributed by atoms with E-state index < -0.39 is 0 Å². The third-order valence-electron chi connectivity index (χ3n) is 3.40. The molecule has 1 aromatic carbocycles. The highest BCUT2D eigenvalue weighted by atomic mass is 79.9. The number of carbonyl (C=O) groups excluding carboxylic acids is 1. The molecule has 0 unspecified atom stereocenters. The Kier molecular flexibility index (Phi) is 5.43. The maximum Gasteiger partial charge on any atom is 0.258 e. The zero-order valence-electron chi connectivity index (χ0n) is 11.9. The minimum Gasteiger partial charge on any atom is -0.483 e. The lowest BCUT2D eigenvalue weighted by Crippen LogP contribution is -2.41. The number of nitrogens with one attached hydrogen (secondary N) is 1. The number of hydrogen-bond acceptors (Lipinski definition) is 3. The van der Waals surface area contributed by atoms with E-state index >= 15 is 0 Å². The van der Waals surface area contributed by atoms with E-state index in [-0.39, 0.29) is 18.6 Å². The molecule has 1 amide bonds. The molecular formula is C15H20BrNO3. The Balaban J connectivity index is 1.85. The van der Waals surface area contributed by atoms with Gasteiger partial charge in [0.1, 0.15) is 5.75 Å². The smallest absolute Gasteiger partial charge is 0.258 e. The number of ether oxygens (including phenoxy) is 2. The van der Waals surface area contributed by atoms with Crippen LogP contribution in [0.4, 0.5) is 0 Å². The summed E-state index contributed by atoms with van der Waals surface area (Å²) in [6.45, 7) is 5.46. The SMILES string of the molecule is Cc1cc(OCC(=O)NC2CCOCC2)c(C)cc1Br. The van der Waals surface area contributed by atoms with Crippen LogP contribution >= 0.6 is 15.9 Å². The molecule has 0 bridgehead atoms. The van der Waals surface area contributed by atoms with Gasteiger partial charge in [-0.15, -0.1) is 0 Å². The van der Waals surface area contributed by atoms with Crippen LogP contribution in [0.1, 0.15) is 24.0 Å². The van der Waals surface area contributed by atoms with Gasteiger partial charge >= 0.3 is 0 Å². The van der Waals surface area contributed by atoms with Crippen LogP contribution in [0.15, 0.2) is 16.6 Å². The Morgan fingerprint density at radius 2 is 2.05 bits per heavy atom. The fourth-order valence-corrected chi connectivity index (χ4v) is 2.62. The van der Waals surface area contributed by atoms with Crippen molar-refractivity contribution in [3.8, 4) is 5.75 Å². The molecule has 0 saturated carbocycles. The molecule has 5 heteroatoms. The fraction of sp³-hybridized carbons (Fsp3) is 0.533. The van der Waals surface area contributed by atoms with E-state index in [1.807, 2.05) is 26.0 Å². The van der Waals surface area contributed by atoms with Crippen LogP contribution < -0.4 is 10.1 Å². The van der Waals surface area contributed by atoms with Gasteiger partial charge in [0.25, 0.3) is 5.91 Å². The highest BCUT2D eigenvalue weighted by Crippen LogP contribution is 2.26. The average Bonchev–Trinajstić information content (AvgIpc) is 2.42. The van der Waals surface area contributed by atoms with Gasteiger partial charge in [0, 0.05) is 23.7 Å². The van der Waals surface area contributed by atoms with Crippen LogP contribution in [0, 0.1) is 13.8 Å². The summed E-state index contributed by atoms with van der Waals surface area (Å²) >= 11 is 3.48. The molecule has 0 radical (unpaired) electrons. The number of rotatable bonds is 4. The molecule has 1 saturated heterocycles. The first-order chi connectivity index (χ1) is 9.56. The highest BCUT2D eigenvalue weighted by Gasteiger charge is 2.16. The van der Waals surface area contributed by atoms with Crippen molar-refractivity contribution in [1.29, 1.82) is 0 Å². The van der Waals surface area contributed by atoms with Crippen LogP contribution in [0.2, 0.25) is 0 Å². The lowest BCUT2D eigenvalue weighted by Gasteiger charge is -2.23. The summed E-state index contributed by atoms with van der Waals surface area (Å²) in [6.07, 6.45) is 1.75. The van der Waals surface area contributed by atoms with Gasteiger partial charge in [0.2, 0.25) is 0 Å². The Hall–Kier alpha value is -1.07. The van der Waals surface area contributed by atoms with Gasteiger partial charge in [0.15, 0.2) is 6.61 Å². The first-order valence-electron chi connectivity index (χ1n) is 6.83. The third-order valence-corrected chi connectivity index (χ3v) is 4.26. The largest absolute Gasteiger partial charge is 0.483 e. The van der Waals surface area contributed by atoms with Gasteiger partial charge in [-0.1, -0.05) is 15.9 Å². The summed E-state index contributed by atoms with van der Waals surface area (Å²) in [5, 5.41) is 2.98. The number of halogens is 1. The first-order valence-corrected chi connectivity index (χ1v) is 7.62. The normalized spacial score (nSPS) is 15.9. The molecule has 0 aliphatic carbocycles. The van der Waals surface area contributed by atoms with Crippen molar-refractivity contribution in [2.45, 2.75) is 32.7 Å². The van der Waals surface area contributed by atoms with Gasteiger partial charge in [-0.25, -0.2) is 0 Å². The molecule has 2 rings (SSSR count). The molecule has 1 fully saturated rings. The summed E-state index contributed by atoms with van der Waals surface area (Å²) in [4.78, 5) is 11.9. The standard InChI is InChI=1S/C15H20BrNO3/c1-10-8-14(11(2)7-13(10)16)20-9-15(18)17-12-3-5-19-6-4-12/h7-8,12H,3-6,9H2,1-2H3,(H,17,18). The van der Waals surface area contributed by atoms with Crippen LogP contribution in [-0.4, -0.2) is 31.8 Å². The second-order valence-electron chi connectivity index (χ2n) is 5.11. The lowest BCUT2D eigenvalue weighted by atomic mass is 10.1. The molecule has 20 heavy (non-hydrogen) atoms. The van der Waals surface area contributed by atoms with Crippen molar-refractivity contribution in [2.75, 3.05) is 19.8 Å². The third kappa shape index (κ3) is 4.21. The highest BCUT2D eigenvalue weighted by molar-refractivity contribution is 9.10. The van der Waals surface area contributed by atoms with E-state index in [1.54, 1.807) is 0 Å². The molecule has 0 aromatic heterocycles. The molecule has 0 spiro atoms. The van der Waals surface area contributed by atoms with Crippen molar-refractivity contribution >= 4 is 21.8 Å². The van der Waals surface area contributed by atoms with Crippen LogP contribution in [-0.2, 0) is 9.53 Å². The van der Waals surface area contributed by atoms with Crippen molar-refractivity contribution in [3.05, 3.63) is 27.7 Å². The Bertz CT molecular complexity index is 484. The topological polar surface area (TPSA) is 47.6 Å². The van der Waals surface area contributed by atoms with E-state index in [9.17, 15) is 4.79 Å². The van der Waals surface area contributed by atoms with Crippen molar-refractivity contribution in [3.63, 3.8) is 0 Å². The summed E-state index contributed by atoms with van der Waals surface area (Å²) < 4.78 is 11.9. The van der Waals surface area contributed by atoms with E-state index in [4.69, 9.17) is 9.47 Å². The molecule has 1 N–H and O–H groups in total. The summed E-state index contributed by atoms with van der Waals surface area (Å²) in [5.74, 6) is 0.685. The lowest BCUT2D eigenvalue weighted by molar-refractivity contribution is -0.124. The molecule has 1 aliphatic heterocycles. The monoisotopic (exact) mass is 341 g/mol. The Labute approximate surface area is 128 Å². The van der Waals surface area contributed by atoms with Crippen LogP contribution in [0.5, 0.6) is 5.75 Å². The molecule has 1 aromatic rings. The second-order valence-corrected chi connectivity index (χ2v) is 5.96.